The predicted octanol–water partition coefficient (Wildman–Crippen LogP) is 1.08. The number of hydrogen-bond donors (Lipinski definition) is 2. The van der Waals surface area contributed by atoms with Gasteiger partial charge < -0.3 is 15.2 Å². The minimum absolute atomic E-state index is 0.327. The molecule has 0 aromatic heterocycles. The smallest absolute Gasteiger partial charge is 0.0689 e. The number of aliphatic hydroxyl groups excluding tert-OH is 1. The highest BCUT2D eigenvalue weighted by Crippen LogP contribution is 2.25. The Bertz CT molecular complexity index is 228. The molecule has 1 aliphatic heterocycles. The Balaban J connectivity index is 1.74. The summed E-state index contributed by atoms with van der Waals surface area (Å²) in [5.41, 5.74) is 1.37. The van der Waals surface area contributed by atoms with Crippen LogP contribution in [0.2, 0.25) is 0 Å². The van der Waals surface area contributed by atoms with Crippen LogP contribution in [0.15, 0.2) is 11.6 Å². The van der Waals surface area contributed by atoms with Gasteiger partial charge in [0.15, 0.2) is 0 Å². The molecule has 2 aliphatic rings. The topological polar surface area (TPSA) is 41.5 Å². The van der Waals surface area contributed by atoms with Gasteiger partial charge in [0.25, 0.3) is 0 Å². The number of rotatable bonds is 4. The molecule has 0 saturated heterocycles. The van der Waals surface area contributed by atoms with Crippen molar-refractivity contribution < 1.29 is 9.84 Å². The highest BCUT2D eigenvalue weighted by atomic mass is 16.5. The molecule has 1 aliphatic carbocycles. The first-order chi connectivity index (χ1) is 7.40. The van der Waals surface area contributed by atoms with Crippen LogP contribution in [0.25, 0.3) is 0 Å². The third-order valence-electron chi connectivity index (χ3n) is 3.47. The van der Waals surface area contributed by atoms with Crippen LogP contribution in [0.1, 0.15) is 25.7 Å². The van der Waals surface area contributed by atoms with Gasteiger partial charge in [-0.2, -0.15) is 0 Å². The molecule has 0 amide bonds. The second-order valence-corrected chi connectivity index (χ2v) is 4.56. The summed E-state index contributed by atoms with van der Waals surface area (Å²) in [7, 11) is 0. The molecule has 1 heterocycles. The third kappa shape index (κ3) is 3.03. The number of hydrogen-bond acceptors (Lipinski definition) is 3. The highest BCUT2D eigenvalue weighted by Gasteiger charge is 2.26. The molecule has 86 valence electrons. The summed E-state index contributed by atoms with van der Waals surface area (Å²) in [6, 6.07) is 0.512. The van der Waals surface area contributed by atoms with E-state index in [2.05, 4.69) is 11.4 Å². The maximum absolute atomic E-state index is 9.19. The van der Waals surface area contributed by atoms with Crippen LogP contribution in [0.3, 0.4) is 0 Å². The van der Waals surface area contributed by atoms with Crippen LogP contribution in [0.4, 0.5) is 0 Å². The molecule has 0 bridgehead atoms. The van der Waals surface area contributed by atoms with Crippen molar-refractivity contribution in [3.8, 4) is 0 Å². The van der Waals surface area contributed by atoms with E-state index in [-0.39, 0.29) is 0 Å². The van der Waals surface area contributed by atoms with Crippen LogP contribution in [0.5, 0.6) is 0 Å². The van der Waals surface area contributed by atoms with Crippen molar-refractivity contribution in [3.63, 3.8) is 0 Å². The predicted molar refractivity (Wildman–Crippen MR) is 59.7 cm³/mol. The minimum atomic E-state index is 0.327. The Kier molecular flexibility index (Phi) is 4.18. The van der Waals surface area contributed by atoms with Gasteiger partial charge in [-0.3, -0.25) is 0 Å². The second-order valence-electron chi connectivity index (χ2n) is 4.56. The van der Waals surface area contributed by atoms with Crippen LogP contribution < -0.4 is 5.32 Å². The zero-order chi connectivity index (χ0) is 10.5. The lowest BCUT2D eigenvalue weighted by molar-refractivity contribution is 0.147. The van der Waals surface area contributed by atoms with E-state index in [1.165, 1.54) is 24.8 Å². The molecular weight excluding hydrogens is 190 g/mol. The molecule has 2 atom stereocenters. The summed E-state index contributed by atoms with van der Waals surface area (Å²) in [6.07, 6.45) is 6.95. The Labute approximate surface area is 91.5 Å². The lowest BCUT2D eigenvalue weighted by atomic mass is 10.0. The summed E-state index contributed by atoms with van der Waals surface area (Å²) in [5, 5.41) is 12.7. The van der Waals surface area contributed by atoms with Gasteiger partial charge in [-0.05, 0) is 30.8 Å². The molecule has 3 nitrogen and oxygen atoms in total. The van der Waals surface area contributed by atoms with E-state index in [1.54, 1.807) is 0 Å². The number of nitrogens with one attached hydrogen (secondary N) is 1. The van der Waals surface area contributed by atoms with Gasteiger partial charge in [0.05, 0.1) is 13.2 Å². The summed E-state index contributed by atoms with van der Waals surface area (Å²) < 4.78 is 5.39. The molecule has 2 unspecified atom stereocenters. The largest absolute Gasteiger partial charge is 0.396 e. The first kappa shape index (κ1) is 11.1. The standard InChI is InChI=1S/C12H21NO2/c14-8-11-4-1-5-12(11)13-7-10-3-2-6-15-9-10/h3,11-14H,1-2,4-9H2. The van der Waals surface area contributed by atoms with Crippen molar-refractivity contribution in [2.45, 2.75) is 31.7 Å². The van der Waals surface area contributed by atoms with Gasteiger partial charge in [-0.25, -0.2) is 0 Å². The zero-order valence-electron chi connectivity index (χ0n) is 9.24. The summed E-state index contributed by atoms with van der Waals surface area (Å²) in [4.78, 5) is 0. The lowest BCUT2D eigenvalue weighted by Gasteiger charge is -2.21. The number of aliphatic hydroxyl groups is 1. The van der Waals surface area contributed by atoms with Crippen molar-refractivity contribution in [1.29, 1.82) is 0 Å². The maximum Gasteiger partial charge on any atom is 0.0689 e. The van der Waals surface area contributed by atoms with Gasteiger partial charge in [0, 0.05) is 19.2 Å². The van der Waals surface area contributed by atoms with Gasteiger partial charge in [-0.1, -0.05) is 12.5 Å². The van der Waals surface area contributed by atoms with E-state index >= 15 is 0 Å². The van der Waals surface area contributed by atoms with Crippen molar-refractivity contribution in [2.24, 2.45) is 5.92 Å². The molecule has 0 spiro atoms. The van der Waals surface area contributed by atoms with Crippen LogP contribution in [-0.2, 0) is 4.74 Å². The van der Waals surface area contributed by atoms with Crippen molar-refractivity contribution in [3.05, 3.63) is 11.6 Å². The average Bonchev–Trinajstić information content (AvgIpc) is 2.75. The molecule has 3 heteroatoms. The highest BCUT2D eigenvalue weighted by molar-refractivity contribution is 5.07. The molecule has 1 fully saturated rings. The van der Waals surface area contributed by atoms with E-state index < -0.39 is 0 Å². The van der Waals surface area contributed by atoms with Crippen molar-refractivity contribution in [2.75, 3.05) is 26.4 Å². The van der Waals surface area contributed by atoms with E-state index in [0.29, 0.717) is 18.6 Å². The van der Waals surface area contributed by atoms with Gasteiger partial charge >= 0.3 is 0 Å². The summed E-state index contributed by atoms with van der Waals surface area (Å²) in [6.45, 7) is 2.91. The average molecular weight is 211 g/mol. The fraction of sp³-hybridized carbons (Fsp3) is 0.833. The molecule has 15 heavy (non-hydrogen) atoms. The van der Waals surface area contributed by atoms with Crippen LogP contribution in [0, 0.1) is 5.92 Å². The molecule has 0 aromatic carbocycles. The van der Waals surface area contributed by atoms with E-state index in [9.17, 15) is 5.11 Å². The van der Waals surface area contributed by atoms with Crippen LogP contribution in [-0.4, -0.2) is 37.5 Å². The monoisotopic (exact) mass is 211 g/mol. The molecule has 2 rings (SSSR count). The maximum atomic E-state index is 9.19. The quantitative estimate of drug-likeness (QED) is 0.684. The van der Waals surface area contributed by atoms with Crippen molar-refractivity contribution in [1.82, 2.24) is 5.32 Å². The zero-order valence-corrected chi connectivity index (χ0v) is 9.24. The summed E-state index contributed by atoms with van der Waals surface area (Å²) in [5.74, 6) is 0.468. The second kappa shape index (κ2) is 5.64. The normalized spacial score (nSPS) is 31.7. The Morgan fingerprint density at radius 1 is 1.47 bits per heavy atom. The fourth-order valence-electron chi connectivity index (χ4n) is 2.52. The first-order valence-electron chi connectivity index (χ1n) is 6.00. The molecule has 0 aromatic rings. The summed E-state index contributed by atoms with van der Waals surface area (Å²) >= 11 is 0. The molecule has 1 saturated carbocycles. The van der Waals surface area contributed by atoms with E-state index in [4.69, 9.17) is 4.74 Å². The fourth-order valence-corrected chi connectivity index (χ4v) is 2.52. The third-order valence-corrected chi connectivity index (χ3v) is 3.47. The minimum Gasteiger partial charge on any atom is -0.396 e. The van der Waals surface area contributed by atoms with E-state index in [0.717, 1.165) is 26.2 Å². The van der Waals surface area contributed by atoms with Gasteiger partial charge in [0.2, 0.25) is 0 Å². The Morgan fingerprint density at radius 3 is 3.13 bits per heavy atom. The molecule has 0 radical (unpaired) electrons. The molecule has 2 N–H and O–H groups in total. The Morgan fingerprint density at radius 2 is 2.40 bits per heavy atom. The SMILES string of the molecule is OCC1CCCC1NCC1=CCCOC1. The first-order valence-corrected chi connectivity index (χ1v) is 6.00. The van der Waals surface area contributed by atoms with Gasteiger partial charge in [-0.15, -0.1) is 0 Å². The van der Waals surface area contributed by atoms with Gasteiger partial charge in [0.1, 0.15) is 0 Å². The van der Waals surface area contributed by atoms with Crippen LogP contribution >= 0.6 is 0 Å². The number of ether oxygens (including phenoxy) is 1. The Hall–Kier alpha value is -0.380. The molecular formula is C12H21NO2. The van der Waals surface area contributed by atoms with Crippen molar-refractivity contribution >= 4 is 0 Å². The van der Waals surface area contributed by atoms with E-state index in [1.807, 2.05) is 0 Å². The lowest BCUT2D eigenvalue weighted by Crippen LogP contribution is -2.36.